The van der Waals surface area contributed by atoms with Gasteiger partial charge in [0.1, 0.15) is 5.69 Å². The maximum Gasteiger partial charge on any atom is 0.292 e. The van der Waals surface area contributed by atoms with E-state index in [9.17, 15) is 10.1 Å². The number of nitrogens with zero attached hydrogens (tertiary/aromatic N) is 6. The SMILES string of the molecule is CC(C)(C)[Si](C)(C)OCCc1cncc(CCNc2ccc(N=[N+]=[N-])cc2[N+](=O)[O-])n1. The summed E-state index contributed by atoms with van der Waals surface area (Å²) in [6.07, 6.45) is 4.68. The molecule has 1 N–H and O–H groups in total. The van der Waals surface area contributed by atoms with Crippen LogP contribution in [0.2, 0.25) is 18.1 Å². The zero-order chi connectivity index (χ0) is 23.1. The second kappa shape index (κ2) is 10.3. The van der Waals surface area contributed by atoms with Crippen LogP contribution in [0.3, 0.4) is 0 Å². The minimum Gasteiger partial charge on any atom is -0.416 e. The summed E-state index contributed by atoms with van der Waals surface area (Å²) in [6.45, 7) is 12.1. The van der Waals surface area contributed by atoms with Crippen LogP contribution in [0.1, 0.15) is 32.2 Å². The van der Waals surface area contributed by atoms with Crippen LogP contribution in [0.25, 0.3) is 10.4 Å². The van der Waals surface area contributed by atoms with E-state index >= 15 is 0 Å². The Morgan fingerprint density at radius 2 is 1.94 bits per heavy atom. The third-order valence-corrected chi connectivity index (χ3v) is 9.93. The van der Waals surface area contributed by atoms with Crippen molar-refractivity contribution in [3.8, 4) is 0 Å². The van der Waals surface area contributed by atoms with Crippen LogP contribution in [0.4, 0.5) is 17.1 Å². The number of benzene rings is 1. The molecule has 2 aromatic rings. The second-order valence-electron chi connectivity index (χ2n) is 8.69. The third kappa shape index (κ3) is 7.02. The number of hydrogen-bond donors (Lipinski definition) is 1. The van der Waals surface area contributed by atoms with Crippen LogP contribution in [0, 0.1) is 10.1 Å². The Labute approximate surface area is 183 Å². The van der Waals surface area contributed by atoms with Gasteiger partial charge in [-0.1, -0.05) is 32.0 Å². The fraction of sp³-hybridized carbons (Fsp3) is 0.500. The largest absolute Gasteiger partial charge is 0.416 e. The van der Waals surface area contributed by atoms with Crippen LogP contribution in [-0.2, 0) is 17.3 Å². The summed E-state index contributed by atoms with van der Waals surface area (Å²) >= 11 is 0. The van der Waals surface area contributed by atoms with Crippen molar-refractivity contribution in [2.24, 2.45) is 5.11 Å². The molecule has 0 amide bonds. The minimum absolute atomic E-state index is 0.146. The predicted molar refractivity (Wildman–Crippen MR) is 123 cm³/mol. The highest BCUT2D eigenvalue weighted by Gasteiger charge is 2.36. The molecule has 1 aromatic carbocycles. The van der Waals surface area contributed by atoms with E-state index in [1.165, 1.54) is 18.2 Å². The quantitative estimate of drug-likeness (QED) is 0.128. The molecule has 1 heterocycles. The summed E-state index contributed by atoms with van der Waals surface area (Å²) in [5.74, 6) is 0. The summed E-state index contributed by atoms with van der Waals surface area (Å²) in [6, 6.07) is 4.30. The molecule has 11 heteroatoms. The lowest BCUT2D eigenvalue weighted by Gasteiger charge is -2.36. The number of nitro benzene ring substituents is 1. The van der Waals surface area contributed by atoms with Gasteiger partial charge in [-0.25, -0.2) is 0 Å². The molecule has 0 aliphatic carbocycles. The summed E-state index contributed by atoms with van der Waals surface area (Å²) in [7, 11) is -1.79. The third-order valence-electron chi connectivity index (χ3n) is 5.40. The first-order valence-electron chi connectivity index (χ1n) is 10.0. The van der Waals surface area contributed by atoms with Crippen molar-refractivity contribution < 1.29 is 9.35 Å². The van der Waals surface area contributed by atoms with Crippen molar-refractivity contribution in [1.29, 1.82) is 0 Å². The average Bonchev–Trinajstić information content (AvgIpc) is 2.68. The standard InChI is InChI=1S/C20H29N7O3Si/c1-20(2,3)31(4,5)30-11-9-17-14-22-13-16(24-17)8-10-23-18-7-6-15(25-26-21)12-19(18)27(28)29/h6-7,12-14,23H,8-11H2,1-5H3. The zero-order valence-electron chi connectivity index (χ0n) is 18.6. The Hall–Kier alpha value is -3.01. The van der Waals surface area contributed by atoms with Gasteiger partial charge in [-0.15, -0.1) is 0 Å². The van der Waals surface area contributed by atoms with Crippen LogP contribution in [0.5, 0.6) is 0 Å². The van der Waals surface area contributed by atoms with Crippen LogP contribution in [-0.4, -0.2) is 36.4 Å². The Morgan fingerprint density at radius 3 is 2.55 bits per heavy atom. The number of anilines is 1. The number of nitro groups is 1. The lowest BCUT2D eigenvalue weighted by atomic mass is 10.2. The van der Waals surface area contributed by atoms with Gasteiger partial charge in [-0.05, 0) is 29.7 Å². The van der Waals surface area contributed by atoms with Crippen LogP contribution in [0.15, 0.2) is 35.7 Å². The molecule has 0 unspecified atom stereocenters. The van der Waals surface area contributed by atoms with Crippen LogP contribution < -0.4 is 5.32 Å². The lowest BCUT2D eigenvalue weighted by molar-refractivity contribution is -0.383. The normalized spacial score (nSPS) is 11.6. The molecule has 0 saturated carbocycles. The molecule has 166 valence electrons. The van der Waals surface area contributed by atoms with Crippen molar-refractivity contribution in [2.75, 3.05) is 18.5 Å². The highest BCUT2D eigenvalue weighted by molar-refractivity contribution is 6.74. The van der Waals surface area contributed by atoms with E-state index in [0.29, 0.717) is 31.7 Å². The van der Waals surface area contributed by atoms with E-state index in [1.807, 2.05) is 0 Å². The van der Waals surface area contributed by atoms with Gasteiger partial charge in [0.2, 0.25) is 0 Å². The van der Waals surface area contributed by atoms with Gasteiger partial charge in [-0.2, -0.15) is 0 Å². The molecule has 31 heavy (non-hydrogen) atoms. The highest BCUT2D eigenvalue weighted by Crippen LogP contribution is 2.36. The van der Waals surface area contributed by atoms with E-state index < -0.39 is 13.2 Å². The fourth-order valence-electron chi connectivity index (χ4n) is 2.58. The van der Waals surface area contributed by atoms with Gasteiger partial charge in [0.15, 0.2) is 8.32 Å². The molecule has 10 nitrogen and oxygen atoms in total. The van der Waals surface area contributed by atoms with E-state index in [0.717, 1.165) is 11.4 Å². The smallest absolute Gasteiger partial charge is 0.292 e. The number of azide groups is 1. The Balaban J connectivity index is 1.94. The first-order chi connectivity index (χ1) is 14.5. The van der Waals surface area contributed by atoms with Crippen LogP contribution >= 0.6 is 0 Å². The van der Waals surface area contributed by atoms with Gasteiger partial charge in [0.25, 0.3) is 5.69 Å². The average molecular weight is 444 g/mol. The molecule has 0 aliphatic rings. The first kappa shape index (κ1) is 24.3. The summed E-state index contributed by atoms with van der Waals surface area (Å²) in [5, 5.41) is 17.9. The van der Waals surface area contributed by atoms with E-state index in [2.05, 4.69) is 59.2 Å². The van der Waals surface area contributed by atoms with Crippen molar-refractivity contribution in [1.82, 2.24) is 9.97 Å². The summed E-state index contributed by atoms with van der Waals surface area (Å²) in [4.78, 5) is 22.3. The van der Waals surface area contributed by atoms with Crippen molar-refractivity contribution in [3.05, 3.63) is 62.5 Å². The Kier molecular flexibility index (Phi) is 8.09. The van der Waals surface area contributed by atoms with Gasteiger partial charge in [-0.3, -0.25) is 20.1 Å². The van der Waals surface area contributed by atoms with E-state index in [4.69, 9.17) is 9.96 Å². The van der Waals surface area contributed by atoms with Crippen molar-refractivity contribution in [2.45, 2.75) is 51.7 Å². The molecule has 0 aliphatic heterocycles. The molecule has 0 saturated heterocycles. The predicted octanol–water partition coefficient (Wildman–Crippen LogP) is 5.55. The number of aromatic nitrogens is 2. The topological polar surface area (TPSA) is 139 Å². The number of hydrogen-bond acceptors (Lipinski definition) is 7. The number of rotatable bonds is 10. The van der Waals surface area contributed by atoms with Gasteiger partial charge in [0, 0.05) is 55.1 Å². The van der Waals surface area contributed by atoms with Crippen molar-refractivity contribution >= 4 is 25.4 Å². The highest BCUT2D eigenvalue weighted by atomic mass is 28.4. The molecule has 0 atom stereocenters. The fourth-order valence-corrected chi connectivity index (χ4v) is 3.62. The maximum absolute atomic E-state index is 11.3. The van der Waals surface area contributed by atoms with E-state index in [-0.39, 0.29) is 16.4 Å². The van der Waals surface area contributed by atoms with Gasteiger partial charge >= 0.3 is 0 Å². The molecule has 2 rings (SSSR count). The molecule has 1 aromatic heterocycles. The lowest BCUT2D eigenvalue weighted by Crippen LogP contribution is -2.41. The Bertz CT molecular complexity index is 969. The molecule has 0 fully saturated rings. The zero-order valence-corrected chi connectivity index (χ0v) is 19.6. The monoisotopic (exact) mass is 443 g/mol. The second-order valence-corrected chi connectivity index (χ2v) is 13.5. The van der Waals surface area contributed by atoms with Gasteiger partial charge in [0.05, 0.1) is 16.3 Å². The minimum atomic E-state index is -1.79. The summed E-state index contributed by atoms with van der Waals surface area (Å²) < 4.78 is 6.20. The van der Waals surface area contributed by atoms with E-state index in [1.54, 1.807) is 12.4 Å². The first-order valence-corrected chi connectivity index (χ1v) is 13.0. The number of nitrogens with one attached hydrogen (secondary N) is 1. The molecular weight excluding hydrogens is 414 g/mol. The molecule has 0 radical (unpaired) electrons. The maximum atomic E-state index is 11.3. The molecule has 0 bridgehead atoms. The van der Waals surface area contributed by atoms with Gasteiger partial charge < -0.3 is 9.74 Å². The Morgan fingerprint density at radius 1 is 1.26 bits per heavy atom. The van der Waals surface area contributed by atoms with Crippen molar-refractivity contribution in [3.63, 3.8) is 0 Å². The molecular formula is C20H29N7O3Si. The molecule has 0 spiro atoms. The summed E-state index contributed by atoms with van der Waals surface area (Å²) in [5.41, 5.74) is 10.6.